The van der Waals surface area contributed by atoms with Crippen LogP contribution in [0.1, 0.15) is 17.3 Å². The summed E-state index contributed by atoms with van der Waals surface area (Å²) in [5.41, 5.74) is 0.347. The summed E-state index contributed by atoms with van der Waals surface area (Å²) in [6, 6.07) is 6.21. The zero-order chi connectivity index (χ0) is 19.3. The lowest BCUT2D eigenvalue weighted by atomic mass is 10.2. The van der Waals surface area contributed by atoms with Gasteiger partial charge in [-0.25, -0.2) is 8.42 Å². The molecule has 150 valence electrons. The third-order valence-corrected chi connectivity index (χ3v) is 6.62. The Labute approximate surface area is 160 Å². The number of sulfonamides is 1. The number of hydrogen-bond acceptors (Lipinski definition) is 6. The molecule has 0 radical (unpaired) electrons. The molecule has 8 nitrogen and oxygen atoms in total. The highest BCUT2D eigenvalue weighted by atomic mass is 32.2. The Hall–Kier alpha value is -1.52. The molecular weight excluding hydrogens is 370 g/mol. The van der Waals surface area contributed by atoms with E-state index in [1.165, 1.54) is 16.4 Å². The molecule has 0 bridgehead atoms. The van der Waals surface area contributed by atoms with Gasteiger partial charge in [0.1, 0.15) is 0 Å². The van der Waals surface area contributed by atoms with Crippen LogP contribution < -0.4 is 5.32 Å². The van der Waals surface area contributed by atoms with E-state index in [9.17, 15) is 13.2 Å². The second-order valence-electron chi connectivity index (χ2n) is 6.78. The van der Waals surface area contributed by atoms with Crippen molar-refractivity contribution in [3.63, 3.8) is 0 Å². The van der Waals surface area contributed by atoms with Crippen molar-refractivity contribution in [1.29, 1.82) is 0 Å². The molecule has 2 heterocycles. The van der Waals surface area contributed by atoms with Crippen molar-refractivity contribution < 1.29 is 22.7 Å². The third-order valence-electron chi connectivity index (χ3n) is 4.76. The lowest BCUT2D eigenvalue weighted by molar-refractivity contribution is 0.0102. The summed E-state index contributed by atoms with van der Waals surface area (Å²) in [7, 11) is -3.64. The van der Waals surface area contributed by atoms with Gasteiger partial charge in [-0.05, 0) is 25.1 Å². The van der Waals surface area contributed by atoms with Crippen LogP contribution in [0, 0.1) is 0 Å². The summed E-state index contributed by atoms with van der Waals surface area (Å²) in [5, 5.41) is 2.86. The Morgan fingerprint density at radius 1 is 1.22 bits per heavy atom. The Morgan fingerprint density at radius 2 is 2.00 bits per heavy atom. The molecule has 0 aromatic heterocycles. The van der Waals surface area contributed by atoms with Gasteiger partial charge >= 0.3 is 0 Å². The van der Waals surface area contributed by atoms with Crippen LogP contribution in [0.15, 0.2) is 29.2 Å². The molecule has 1 amide bonds. The molecule has 2 fully saturated rings. The van der Waals surface area contributed by atoms with Crippen molar-refractivity contribution in [1.82, 2.24) is 14.5 Å². The Bertz CT molecular complexity index is 749. The van der Waals surface area contributed by atoms with E-state index in [-0.39, 0.29) is 16.9 Å². The third kappa shape index (κ3) is 5.26. The topological polar surface area (TPSA) is 88.2 Å². The van der Waals surface area contributed by atoms with Crippen LogP contribution in [0.4, 0.5) is 0 Å². The molecule has 2 aliphatic rings. The summed E-state index contributed by atoms with van der Waals surface area (Å²) in [5.74, 6) is -0.268. The van der Waals surface area contributed by atoms with Gasteiger partial charge in [-0.1, -0.05) is 6.07 Å². The van der Waals surface area contributed by atoms with E-state index in [1.807, 2.05) is 6.92 Å². The van der Waals surface area contributed by atoms with E-state index < -0.39 is 10.0 Å². The van der Waals surface area contributed by atoms with E-state index in [0.29, 0.717) is 45.0 Å². The van der Waals surface area contributed by atoms with Crippen molar-refractivity contribution in [3.8, 4) is 0 Å². The van der Waals surface area contributed by atoms with Gasteiger partial charge in [-0.3, -0.25) is 9.69 Å². The number of amides is 1. The molecular formula is C18H27N3O5S. The van der Waals surface area contributed by atoms with Gasteiger partial charge < -0.3 is 14.8 Å². The lowest BCUT2D eigenvalue weighted by Crippen LogP contribution is -2.44. The number of carbonyl (C=O) groups is 1. The van der Waals surface area contributed by atoms with E-state index in [0.717, 1.165) is 19.6 Å². The van der Waals surface area contributed by atoms with Gasteiger partial charge in [-0.15, -0.1) is 0 Å². The molecule has 2 saturated heterocycles. The quantitative estimate of drug-likeness (QED) is 0.736. The fourth-order valence-electron chi connectivity index (χ4n) is 3.21. The molecule has 27 heavy (non-hydrogen) atoms. The molecule has 1 aromatic carbocycles. The van der Waals surface area contributed by atoms with Gasteiger partial charge in [0.05, 0.1) is 30.8 Å². The molecule has 0 saturated carbocycles. The van der Waals surface area contributed by atoms with Gasteiger partial charge in [0, 0.05) is 44.8 Å². The number of ether oxygens (including phenoxy) is 2. The average Bonchev–Trinajstić information content (AvgIpc) is 2.69. The van der Waals surface area contributed by atoms with E-state index >= 15 is 0 Å². The number of carbonyl (C=O) groups excluding carboxylic acids is 1. The molecule has 9 heteroatoms. The zero-order valence-corrected chi connectivity index (χ0v) is 16.4. The molecule has 1 aromatic rings. The monoisotopic (exact) mass is 397 g/mol. The first-order valence-corrected chi connectivity index (χ1v) is 10.7. The van der Waals surface area contributed by atoms with Gasteiger partial charge in [0.25, 0.3) is 5.91 Å². The van der Waals surface area contributed by atoms with Crippen LogP contribution in [0.3, 0.4) is 0 Å². The summed E-state index contributed by atoms with van der Waals surface area (Å²) in [6.45, 7) is 7.28. The summed E-state index contributed by atoms with van der Waals surface area (Å²) >= 11 is 0. The second-order valence-corrected chi connectivity index (χ2v) is 8.72. The minimum atomic E-state index is -3.64. The number of nitrogens with one attached hydrogen (secondary N) is 1. The highest BCUT2D eigenvalue weighted by molar-refractivity contribution is 7.89. The number of morpholine rings is 2. The predicted molar refractivity (Wildman–Crippen MR) is 100 cm³/mol. The van der Waals surface area contributed by atoms with Crippen molar-refractivity contribution in [2.24, 2.45) is 0 Å². The van der Waals surface area contributed by atoms with Crippen LogP contribution in [0.5, 0.6) is 0 Å². The number of benzene rings is 1. The van der Waals surface area contributed by atoms with Crippen molar-refractivity contribution >= 4 is 15.9 Å². The van der Waals surface area contributed by atoms with Crippen LogP contribution in [-0.4, -0.2) is 88.7 Å². The maximum atomic E-state index is 12.8. The van der Waals surface area contributed by atoms with Crippen molar-refractivity contribution in [3.05, 3.63) is 29.8 Å². The van der Waals surface area contributed by atoms with Crippen LogP contribution >= 0.6 is 0 Å². The SMILES string of the molecule is CC1CN(S(=O)(=O)c2cccc(C(=O)NCCN3CCOCC3)c2)CCO1. The maximum absolute atomic E-state index is 12.8. The van der Waals surface area contributed by atoms with Gasteiger partial charge in [0.2, 0.25) is 10.0 Å². The highest BCUT2D eigenvalue weighted by Gasteiger charge is 2.29. The number of nitrogens with zero attached hydrogens (tertiary/aromatic N) is 2. The molecule has 0 aliphatic carbocycles. The standard InChI is InChI=1S/C18H27N3O5S/c1-15-14-21(9-12-26-15)27(23,24)17-4-2-3-16(13-17)18(22)19-5-6-20-7-10-25-11-8-20/h2-4,13,15H,5-12,14H2,1H3,(H,19,22). The number of rotatable bonds is 6. The molecule has 0 spiro atoms. The first-order chi connectivity index (χ1) is 13.0. The molecule has 1 unspecified atom stereocenters. The molecule has 1 N–H and O–H groups in total. The Kier molecular flexibility index (Phi) is 6.83. The summed E-state index contributed by atoms with van der Waals surface area (Å²) < 4.78 is 37.8. The van der Waals surface area contributed by atoms with E-state index in [1.54, 1.807) is 12.1 Å². The van der Waals surface area contributed by atoms with E-state index in [2.05, 4.69) is 10.2 Å². The van der Waals surface area contributed by atoms with Crippen LogP contribution in [0.25, 0.3) is 0 Å². The van der Waals surface area contributed by atoms with Crippen LogP contribution in [-0.2, 0) is 19.5 Å². The molecule has 2 aliphatic heterocycles. The first kappa shape index (κ1) is 20.2. The number of hydrogen-bond donors (Lipinski definition) is 1. The normalized spacial score (nSPS) is 22.5. The minimum absolute atomic E-state index is 0.137. The second kappa shape index (κ2) is 9.11. The largest absolute Gasteiger partial charge is 0.379 e. The molecule has 1 atom stereocenters. The van der Waals surface area contributed by atoms with Crippen LogP contribution in [0.2, 0.25) is 0 Å². The molecule has 3 rings (SSSR count). The first-order valence-electron chi connectivity index (χ1n) is 9.27. The fraction of sp³-hybridized carbons (Fsp3) is 0.611. The van der Waals surface area contributed by atoms with E-state index in [4.69, 9.17) is 9.47 Å². The van der Waals surface area contributed by atoms with Crippen molar-refractivity contribution in [2.45, 2.75) is 17.9 Å². The maximum Gasteiger partial charge on any atom is 0.251 e. The predicted octanol–water partition coefficient (Wildman–Crippen LogP) is 0.158. The Morgan fingerprint density at radius 3 is 2.74 bits per heavy atom. The minimum Gasteiger partial charge on any atom is -0.379 e. The summed E-state index contributed by atoms with van der Waals surface area (Å²) in [4.78, 5) is 14.8. The fourth-order valence-corrected chi connectivity index (χ4v) is 4.75. The highest BCUT2D eigenvalue weighted by Crippen LogP contribution is 2.19. The smallest absolute Gasteiger partial charge is 0.251 e. The zero-order valence-electron chi connectivity index (χ0n) is 15.6. The summed E-state index contributed by atoms with van der Waals surface area (Å²) in [6.07, 6.45) is -0.139. The van der Waals surface area contributed by atoms with Crippen molar-refractivity contribution in [2.75, 3.05) is 59.1 Å². The van der Waals surface area contributed by atoms with Gasteiger partial charge in [0.15, 0.2) is 0 Å². The average molecular weight is 397 g/mol. The Balaban J connectivity index is 1.61. The van der Waals surface area contributed by atoms with Gasteiger partial charge in [-0.2, -0.15) is 4.31 Å². The lowest BCUT2D eigenvalue weighted by Gasteiger charge is -2.30.